The molecule has 0 unspecified atom stereocenters. The van der Waals surface area contributed by atoms with E-state index in [0.29, 0.717) is 21.7 Å². The number of hydrogen-bond donors (Lipinski definition) is 1. The van der Waals surface area contributed by atoms with Gasteiger partial charge in [0, 0.05) is 16.6 Å². The van der Waals surface area contributed by atoms with E-state index in [1.54, 1.807) is 18.2 Å². The fourth-order valence-electron chi connectivity index (χ4n) is 2.26. The summed E-state index contributed by atoms with van der Waals surface area (Å²) < 4.78 is 1.92. The molecule has 5 nitrogen and oxygen atoms in total. The van der Waals surface area contributed by atoms with E-state index in [4.69, 9.17) is 23.2 Å². The van der Waals surface area contributed by atoms with Crippen LogP contribution < -0.4 is 5.32 Å². The van der Waals surface area contributed by atoms with Gasteiger partial charge in [0.15, 0.2) is 5.16 Å². The summed E-state index contributed by atoms with van der Waals surface area (Å²) in [5.74, 6) is 0.686. The van der Waals surface area contributed by atoms with Gasteiger partial charge in [-0.1, -0.05) is 47.1 Å². The number of nitrogens with one attached hydrogen (secondary N) is 1. The Hall–Kier alpha value is -1.50. The van der Waals surface area contributed by atoms with Crippen LogP contribution in [0.15, 0.2) is 36.0 Å². The van der Waals surface area contributed by atoms with Gasteiger partial charge in [-0.05, 0) is 38.5 Å². The number of carbonyl (C=O) groups is 1. The van der Waals surface area contributed by atoms with E-state index in [2.05, 4.69) is 22.1 Å². The van der Waals surface area contributed by atoms with Gasteiger partial charge in [0.25, 0.3) is 0 Å². The van der Waals surface area contributed by atoms with Gasteiger partial charge in [0.05, 0.1) is 11.3 Å². The maximum atomic E-state index is 12.5. The number of allylic oxidation sites excluding steroid dienone is 1. The quantitative estimate of drug-likeness (QED) is 0.553. The monoisotopic (exact) mass is 398 g/mol. The van der Waals surface area contributed by atoms with Crippen LogP contribution in [0.1, 0.15) is 31.3 Å². The first kappa shape index (κ1) is 19.8. The molecule has 1 aromatic carbocycles. The number of aromatic nitrogens is 3. The number of rotatable bonds is 7. The zero-order valence-electron chi connectivity index (χ0n) is 14.3. The summed E-state index contributed by atoms with van der Waals surface area (Å²) >= 11 is 13.5. The van der Waals surface area contributed by atoms with Crippen LogP contribution in [-0.4, -0.2) is 25.9 Å². The third-order valence-electron chi connectivity index (χ3n) is 3.65. The second-order valence-electron chi connectivity index (χ2n) is 5.59. The fraction of sp³-hybridized carbons (Fsp3) is 0.353. The molecular weight excluding hydrogens is 379 g/mol. The number of carbonyl (C=O) groups excluding carboxylic acids is 1. The van der Waals surface area contributed by atoms with Gasteiger partial charge < -0.3 is 9.88 Å². The van der Waals surface area contributed by atoms with Crippen LogP contribution in [0.2, 0.25) is 10.0 Å². The van der Waals surface area contributed by atoms with Gasteiger partial charge in [0.2, 0.25) is 5.91 Å². The third-order valence-corrected chi connectivity index (χ3v) is 5.30. The SMILES string of the molecule is C=CCn1c(C)nnc1S[C@H](C)C(=O)N[C@@H](C)c1ccc(Cl)cc1Cl. The van der Waals surface area contributed by atoms with Gasteiger partial charge in [-0.15, -0.1) is 16.8 Å². The molecule has 2 atom stereocenters. The summed E-state index contributed by atoms with van der Waals surface area (Å²) in [6.45, 7) is 9.92. The fourth-order valence-corrected chi connectivity index (χ4v) is 3.75. The predicted octanol–water partition coefficient (Wildman–Crippen LogP) is 4.44. The molecule has 2 rings (SSSR count). The van der Waals surface area contributed by atoms with E-state index in [9.17, 15) is 4.79 Å². The molecule has 1 amide bonds. The van der Waals surface area contributed by atoms with Crippen molar-refractivity contribution in [2.45, 2.75) is 43.8 Å². The Morgan fingerprint density at radius 2 is 2.12 bits per heavy atom. The lowest BCUT2D eigenvalue weighted by atomic mass is 10.1. The zero-order valence-corrected chi connectivity index (χ0v) is 16.6. The van der Waals surface area contributed by atoms with E-state index in [-0.39, 0.29) is 17.2 Å². The number of aryl methyl sites for hydroxylation is 1. The summed E-state index contributed by atoms with van der Waals surface area (Å²) in [5.41, 5.74) is 0.822. The number of benzene rings is 1. The van der Waals surface area contributed by atoms with Gasteiger partial charge >= 0.3 is 0 Å². The molecule has 1 N–H and O–H groups in total. The maximum Gasteiger partial charge on any atom is 0.233 e. The van der Waals surface area contributed by atoms with E-state index in [1.165, 1.54) is 11.8 Å². The van der Waals surface area contributed by atoms with Crippen molar-refractivity contribution in [1.82, 2.24) is 20.1 Å². The highest BCUT2D eigenvalue weighted by Crippen LogP contribution is 2.27. The Kier molecular flexibility index (Phi) is 6.93. The van der Waals surface area contributed by atoms with Crippen LogP contribution >= 0.6 is 35.0 Å². The number of thioether (sulfide) groups is 1. The van der Waals surface area contributed by atoms with Crippen LogP contribution in [0.3, 0.4) is 0 Å². The summed E-state index contributed by atoms with van der Waals surface area (Å²) in [5, 5.41) is 12.6. The first-order valence-corrected chi connectivity index (χ1v) is 9.39. The van der Waals surface area contributed by atoms with Crippen LogP contribution in [0, 0.1) is 6.92 Å². The number of nitrogens with zero attached hydrogens (tertiary/aromatic N) is 3. The standard InChI is InChI=1S/C17H20Cl2N4OS/c1-5-8-23-12(4)21-22-17(23)25-11(3)16(24)20-10(2)14-7-6-13(18)9-15(14)19/h5-7,9-11H,1,8H2,2-4H3,(H,20,24)/t10-,11+/m0/s1. The molecule has 0 saturated heterocycles. The molecule has 0 aliphatic heterocycles. The number of hydrogen-bond acceptors (Lipinski definition) is 4. The highest BCUT2D eigenvalue weighted by Gasteiger charge is 2.21. The Labute approximate surface area is 161 Å². The van der Waals surface area contributed by atoms with Gasteiger partial charge in [-0.3, -0.25) is 4.79 Å². The molecule has 25 heavy (non-hydrogen) atoms. The zero-order chi connectivity index (χ0) is 18.6. The highest BCUT2D eigenvalue weighted by atomic mass is 35.5. The van der Waals surface area contributed by atoms with Crippen molar-refractivity contribution in [3.63, 3.8) is 0 Å². The van der Waals surface area contributed by atoms with Crippen LogP contribution in [-0.2, 0) is 11.3 Å². The van der Waals surface area contributed by atoms with Crippen molar-refractivity contribution in [2.24, 2.45) is 0 Å². The lowest BCUT2D eigenvalue weighted by molar-refractivity contribution is -0.120. The third kappa shape index (κ3) is 5.00. The largest absolute Gasteiger partial charge is 0.349 e. The first-order valence-electron chi connectivity index (χ1n) is 7.76. The second-order valence-corrected chi connectivity index (χ2v) is 7.74. The minimum Gasteiger partial charge on any atom is -0.349 e. The number of amides is 1. The van der Waals surface area contributed by atoms with Crippen molar-refractivity contribution in [1.29, 1.82) is 0 Å². The van der Waals surface area contributed by atoms with Crippen molar-refractivity contribution >= 4 is 40.9 Å². The Morgan fingerprint density at radius 3 is 2.76 bits per heavy atom. The molecule has 0 fully saturated rings. The predicted molar refractivity (Wildman–Crippen MR) is 103 cm³/mol. The Bertz CT molecular complexity index is 778. The summed E-state index contributed by atoms with van der Waals surface area (Å²) in [6.07, 6.45) is 1.77. The first-order chi connectivity index (χ1) is 11.8. The second kappa shape index (κ2) is 8.74. The van der Waals surface area contributed by atoms with E-state index in [0.717, 1.165) is 11.4 Å². The molecule has 0 spiro atoms. The molecular formula is C17H20Cl2N4OS. The maximum absolute atomic E-state index is 12.5. The summed E-state index contributed by atoms with van der Waals surface area (Å²) in [6, 6.07) is 5.01. The molecule has 8 heteroatoms. The molecule has 1 heterocycles. The lowest BCUT2D eigenvalue weighted by Crippen LogP contribution is -2.33. The topological polar surface area (TPSA) is 59.8 Å². The highest BCUT2D eigenvalue weighted by molar-refractivity contribution is 8.00. The Morgan fingerprint density at radius 1 is 1.40 bits per heavy atom. The van der Waals surface area contributed by atoms with Gasteiger partial charge in [0.1, 0.15) is 5.82 Å². The molecule has 134 valence electrons. The molecule has 0 radical (unpaired) electrons. The van der Waals surface area contributed by atoms with Crippen LogP contribution in [0.5, 0.6) is 0 Å². The smallest absolute Gasteiger partial charge is 0.233 e. The minimum absolute atomic E-state index is 0.102. The molecule has 0 saturated carbocycles. The van der Waals surface area contributed by atoms with E-state index < -0.39 is 0 Å². The molecule has 0 aliphatic carbocycles. The summed E-state index contributed by atoms with van der Waals surface area (Å²) in [4.78, 5) is 12.5. The minimum atomic E-state index is -0.333. The van der Waals surface area contributed by atoms with Gasteiger partial charge in [-0.25, -0.2) is 0 Å². The Balaban J connectivity index is 2.04. The molecule has 2 aromatic rings. The van der Waals surface area contributed by atoms with Crippen LogP contribution in [0.4, 0.5) is 0 Å². The number of halogens is 2. The van der Waals surface area contributed by atoms with Crippen LogP contribution in [0.25, 0.3) is 0 Å². The average Bonchev–Trinajstić information content (AvgIpc) is 2.88. The normalized spacial score (nSPS) is 13.3. The molecule has 0 bridgehead atoms. The lowest BCUT2D eigenvalue weighted by Gasteiger charge is -2.18. The van der Waals surface area contributed by atoms with Crippen molar-refractivity contribution in [3.05, 3.63) is 52.3 Å². The molecule has 0 aliphatic rings. The van der Waals surface area contributed by atoms with E-state index in [1.807, 2.05) is 31.4 Å². The summed E-state index contributed by atoms with van der Waals surface area (Å²) in [7, 11) is 0. The molecule has 1 aromatic heterocycles. The van der Waals surface area contributed by atoms with Crippen molar-refractivity contribution in [2.75, 3.05) is 0 Å². The van der Waals surface area contributed by atoms with Gasteiger partial charge in [-0.2, -0.15) is 0 Å². The average molecular weight is 399 g/mol. The van der Waals surface area contributed by atoms with Crippen molar-refractivity contribution < 1.29 is 4.79 Å². The van der Waals surface area contributed by atoms with Crippen molar-refractivity contribution in [3.8, 4) is 0 Å². The van der Waals surface area contributed by atoms with E-state index >= 15 is 0 Å².